The maximum absolute atomic E-state index is 5.97. The molecule has 0 fully saturated rings. The predicted octanol–water partition coefficient (Wildman–Crippen LogP) is 3.81. The molecular weight excluding hydrogens is 363 g/mol. The highest BCUT2D eigenvalue weighted by Crippen LogP contribution is 2.20. The molecule has 1 aromatic heterocycles. The smallest absolute Gasteiger partial charge is 0.124 e. The van der Waals surface area contributed by atoms with E-state index in [-0.39, 0.29) is 0 Å². The van der Waals surface area contributed by atoms with E-state index in [4.69, 9.17) is 16.3 Å². The molecule has 0 amide bonds. The molecule has 1 heterocycles. The number of ether oxygens (including phenoxy) is 1. The van der Waals surface area contributed by atoms with Crippen molar-refractivity contribution >= 4 is 45.2 Å². The third-order valence-corrected chi connectivity index (χ3v) is 3.80. The lowest BCUT2D eigenvalue weighted by atomic mass is 10.3. The van der Waals surface area contributed by atoms with Gasteiger partial charge in [0.1, 0.15) is 5.82 Å². The number of fused-ring (bicyclic) bond motifs is 1. The number of aromatic nitrogens is 2. The van der Waals surface area contributed by atoms with Gasteiger partial charge in [-0.2, -0.15) is 0 Å². The Morgan fingerprint density at radius 3 is 2.94 bits per heavy atom. The van der Waals surface area contributed by atoms with Crippen molar-refractivity contribution in [2.24, 2.45) is 0 Å². The SMILES string of the molecule is COCCCCn1c(CCl)nc2cc(I)ccc21. The maximum Gasteiger partial charge on any atom is 0.124 e. The average molecular weight is 379 g/mol. The third kappa shape index (κ3) is 3.16. The molecule has 0 aliphatic rings. The molecule has 0 spiro atoms. The van der Waals surface area contributed by atoms with Crippen molar-refractivity contribution in [3.05, 3.63) is 27.6 Å². The molecule has 3 nitrogen and oxygen atoms in total. The van der Waals surface area contributed by atoms with Crippen molar-refractivity contribution in [3.63, 3.8) is 0 Å². The summed E-state index contributed by atoms with van der Waals surface area (Å²) in [6, 6.07) is 6.32. The first-order chi connectivity index (χ1) is 8.76. The Kier molecular flexibility index (Phi) is 5.26. The van der Waals surface area contributed by atoms with Crippen molar-refractivity contribution in [3.8, 4) is 0 Å². The van der Waals surface area contributed by atoms with E-state index in [0.717, 1.165) is 37.3 Å². The van der Waals surface area contributed by atoms with Crippen molar-refractivity contribution in [1.82, 2.24) is 9.55 Å². The van der Waals surface area contributed by atoms with Gasteiger partial charge in [0.25, 0.3) is 0 Å². The second-order valence-corrected chi connectivity index (χ2v) is 5.66. The summed E-state index contributed by atoms with van der Waals surface area (Å²) in [4.78, 5) is 4.59. The van der Waals surface area contributed by atoms with Crippen LogP contribution in [0.5, 0.6) is 0 Å². The van der Waals surface area contributed by atoms with E-state index in [1.165, 1.54) is 9.09 Å². The molecule has 0 atom stereocenters. The number of benzene rings is 1. The van der Waals surface area contributed by atoms with Gasteiger partial charge in [0.15, 0.2) is 0 Å². The summed E-state index contributed by atoms with van der Waals surface area (Å²) >= 11 is 8.28. The average Bonchev–Trinajstić information content (AvgIpc) is 2.71. The lowest BCUT2D eigenvalue weighted by Crippen LogP contribution is -2.03. The van der Waals surface area contributed by atoms with Gasteiger partial charge in [-0.3, -0.25) is 0 Å². The lowest BCUT2D eigenvalue weighted by Gasteiger charge is -2.07. The molecule has 1 aromatic carbocycles. The molecule has 2 rings (SSSR count). The molecule has 0 saturated carbocycles. The molecule has 0 N–H and O–H groups in total. The summed E-state index contributed by atoms with van der Waals surface area (Å²) in [6.07, 6.45) is 2.14. The maximum atomic E-state index is 5.97. The predicted molar refractivity (Wildman–Crippen MR) is 83.1 cm³/mol. The molecule has 0 radical (unpaired) electrons. The van der Waals surface area contributed by atoms with Gasteiger partial charge in [-0.05, 0) is 53.6 Å². The minimum Gasteiger partial charge on any atom is -0.385 e. The van der Waals surface area contributed by atoms with Crippen LogP contribution in [0.3, 0.4) is 0 Å². The molecule has 0 saturated heterocycles. The molecule has 2 aromatic rings. The first-order valence-corrected chi connectivity index (χ1v) is 7.57. The number of rotatable bonds is 6. The number of imidazole rings is 1. The van der Waals surface area contributed by atoms with Crippen LogP contribution in [0.2, 0.25) is 0 Å². The zero-order valence-electron chi connectivity index (χ0n) is 10.3. The molecular formula is C13H16ClIN2O. The Bertz CT molecular complexity index is 527. The second kappa shape index (κ2) is 6.73. The van der Waals surface area contributed by atoms with Crippen molar-refractivity contribution < 1.29 is 4.74 Å². The number of unbranched alkanes of at least 4 members (excludes halogenated alkanes) is 1. The fourth-order valence-electron chi connectivity index (χ4n) is 2.02. The highest BCUT2D eigenvalue weighted by molar-refractivity contribution is 14.1. The highest BCUT2D eigenvalue weighted by Gasteiger charge is 2.09. The van der Waals surface area contributed by atoms with Gasteiger partial charge in [0.2, 0.25) is 0 Å². The van der Waals surface area contributed by atoms with Crippen LogP contribution in [-0.4, -0.2) is 23.3 Å². The molecule has 0 bridgehead atoms. The normalized spacial score (nSPS) is 11.3. The Labute approximate surface area is 126 Å². The van der Waals surface area contributed by atoms with Crippen LogP contribution in [-0.2, 0) is 17.2 Å². The van der Waals surface area contributed by atoms with Gasteiger partial charge in [-0.25, -0.2) is 4.98 Å². The van der Waals surface area contributed by atoms with Crippen LogP contribution in [0.1, 0.15) is 18.7 Å². The summed E-state index contributed by atoms with van der Waals surface area (Å²) in [5, 5.41) is 0. The zero-order chi connectivity index (χ0) is 13.0. The minimum atomic E-state index is 0.454. The number of hydrogen-bond donors (Lipinski definition) is 0. The first-order valence-electron chi connectivity index (χ1n) is 5.96. The van der Waals surface area contributed by atoms with Crippen LogP contribution in [0, 0.1) is 3.57 Å². The van der Waals surface area contributed by atoms with Gasteiger partial charge in [-0.15, -0.1) is 11.6 Å². The monoisotopic (exact) mass is 378 g/mol. The molecule has 5 heteroatoms. The molecule has 98 valence electrons. The van der Waals surface area contributed by atoms with Crippen molar-refractivity contribution in [1.29, 1.82) is 0 Å². The van der Waals surface area contributed by atoms with E-state index < -0.39 is 0 Å². The van der Waals surface area contributed by atoms with E-state index in [1.807, 2.05) is 0 Å². The Hall–Kier alpha value is -0.330. The fourth-order valence-corrected chi connectivity index (χ4v) is 2.70. The Morgan fingerprint density at radius 1 is 1.39 bits per heavy atom. The van der Waals surface area contributed by atoms with Crippen LogP contribution in [0.15, 0.2) is 18.2 Å². The number of nitrogens with zero attached hydrogens (tertiary/aromatic N) is 2. The van der Waals surface area contributed by atoms with E-state index in [2.05, 4.69) is 50.3 Å². The Balaban J connectivity index is 2.23. The summed E-state index contributed by atoms with van der Waals surface area (Å²) < 4.78 is 8.48. The molecule has 0 aliphatic heterocycles. The number of hydrogen-bond acceptors (Lipinski definition) is 2. The standard InChI is InChI=1S/C13H16ClIN2O/c1-18-7-3-2-6-17-12-5-4-10(15)8-11(12)16-13(17)9-14/h4-5,8H,2-3,6-7,9H2,1H3. The van der Waals surface area contributed by atoms with Crippen LogP contribution >= 0.6 is 34.2 Å². The Morgan fingerprint density at radius 2 is 2.22 bits per heavy atom. The third-order valence-electron chi connectivity index (χ3n) is 2.89. The molecule has 18 heavy (non-hydrogen) atoms. The minimum absolute atomic E-state index is 0.454. The van der Waals surface area contributed by atoms with E-state index >= 15 is 0 Å². The summed E-state index contributed by atoms with van der Waals surface area (Å²) in [7, 11) is 1.73. The van der Waals surface area contributed by atoms with E-state index in [9.17, 15) is 0 Å². The van der Waals surface area contributed by atoms with Gasteiger partial charge < -0.3 is 9.30 Å². The van der Waals surface area contributed by atoms with E-state index in [1.54, 1.807) is 7.11 Å². The summed E-state index contributed by atoms with van der Waals surface area (Å²) in [6.45, 7) is 1.75. The highest BCUT2D eigenvalue weighted by atomic mass is 127. The zero-order valence-corrected chi connectivity index (χ0v) is 13.2. The van der Waals surface area contributed by atoms with Crippen LogP contribution in [0.25, 0.3) is 11.0 Å². The lowest BCUT2D eigenvalue weighted by molar-refractivity contribution is 0.191. The van der Waals surface area contributed by atoms with Crippen LogP contribution in [0.4, 0.5) is 0 Å². The van der Waals surface area contributed by atoms with Crippen molar-refractivity contribution in [2.75, 3.05) is 13.7 Å². The van der Waals surface area contributed by atoms with E-state index in [0.29, 0.717) is 5.88 Å². The number of aryl methyl sites for hydroxylation is 1. The number of methoxy groups -OCH3 is 1. The summed E-state index contributed by atoms with van der Waals surface area (Å²) in [5.41, 5.74) is 2.20. The fraction of sp³-hybridized carbons (Fsp3) is 0.462. The van der Waals surface area contributed by atoms with Crippen LogP contribution < -0.4 is 0 Å². The number of halogens is 2. The molecule has 0 aliphatic carbocycles. The second-order valence-electron chi connectivity index (χ2n) is 4.15. The largest absolute Gasteiger partial charge is 0.385 e. The van der Waals surface area contributed by atoms with Gasteiger partial charge in [-0.1, -0.05) is 0 Å². The van der Waals surface area contributed by atoms with Gasteiger partial charge >= 0.3 is 0 Å². The summed E-state index contributed by atoms with van der Waals surface area (Å²) in [5.74, 6) is 1.40. The van der Waals surface area contributed by atoms with Gasteiger partial charge in [0, 0.05) is 23.8 Å². The van der Waals surface area contributed by atoms with Gasteiger partial charge in [0.05, 0.1) is 16.9 Å². The topological polar surface area (TPSA) is 27.1 Å². The molecule has 0 unspecified atom stereocenters. The van der Waals surface area contributed by atoms with Crippen molar-refractivity contribution in [2.45, 2.75) is 25.3 Å². The number of alkyl halides is 1. The first kappa shape index (κ1) is 14.1. The quantitative estimate of drug-likeness (QED) is 0.434.